The van der Waals surface area contributed by atoms with Crippen LogP contribution in [0.2, 0.25) is 0 Å². The average Bonchev–Trinajstić information content (AvgIpc) is 3.36. The Hall–Kier alpha value is -2.90. The molecule has 2 aromatic heterocycles. The molecule has 0 saturated heterocycles. The summed E-state index contributed by atoms with van der Waals surface area (Å²) in [6, 6.07) is 19.4. The summed E-state index contributed by atoms with van der Waals surface area (Å²) in [6.45, 7) is 0. The van der Waals surface area contributed by atoms with Crippen molar-refractivity contribution >= 4 is 45.4 Å². The quantitative estimate of drug-likeness (QED) is 0.284. The van der Waals surface area contributed by atoms with Crippen LogP contribution in [0, 0.1) is 0 Å². The van der Waals surface area contributed by atoms with Gasteiger partial charge in [0.25, 0.3) is 5.91 Å². The highest BCUT2D eigenvalue weighted by molar-refractivity contribution is 8.00. The maximum Gasteiger partial charge on any atom is 0.271 e. The van der Waals surface area contributed by atoms with Crippen molar-refractivity contribution in [1.29, 1.82) is 0 Å². The summed E-state index contributed by atoms with van der Waals surface area (Å²) in [5.74, 6) is 0.579. The molecule has 4 rings (SSSR count). The molecule has 0 aliphatic carbocycles. The fourth-order valence-electron chi connectivity index (χ4n) is 2.46. The molecule has 4 aromatic rings. The van der Waals surface area contributed by atoms with E-state index in [0.29, 0.717) is 5.56 Å². The van der Waals surface area contributed by atoms with E-state index in [0.717, 1.165) is 26.9 Å². The van der Waals surface area contributed by atoms with Gasteiger partial charge in [0.1, 0.15) is 0 Å². The van der Waals surface area contributed by atoms with E-state index in [9.17, 15) is 4.79 Å². The summed E-state index contributed by atoms with van der Waals surface area (Å²) in [4.78, 5) is 19.7. The third kappa shape index (κ3) is 4.45. The summed E-state index contributed by atoms with van der Waals surface area (Å²) in [5, 5.41) is 3.94. The highest BCUT2D eigenvalue weighted by Crippen LogP contribution is 2.31. The van der Waals surface area contributed by atoms with Crippen LogP contribution in [0.15, 0.2) is 76.3 Å². The average molecular weight is 393 g/mol. The Morgan fingerprint density at radius 3 is 2.78 bits per heavy atom. The highest BCUT2D eigenvalue weighted by atomic mass is 32.2. The molecule has 5 nitrogen and oxygen atoms in total. The van der Waals surface area contributed by atoms with Crippen molar-refractivity contribution in [1.82, 2.24) is 15.4 Å². The maximum atomic E-state index is 12.1. The molecule has 27 heavy (non-hydrogen) atoms. The number of hydrogen-bond acceptors (Lipinski definition) is 5. The normalized spacial score (nSPS) is 11.3. The summed E-state index contributed by atoms with van der Waals surface area (Å²) < 4.78 is 2.25. The molecule has 0 aliphatic rings. The van der Waals surface area contributed by atoms with Gasteiger partial charge in [-0.05, 0) is 42.0 Å². The molecule has 0 saturated carbocycles. The second-order valence-corrected chi connectivity index (χ2v) is 8.01. The van der Waals surface area contributed by atoms with E-state index in [1.165, 1.54) is 4.70 Å². The van der Waals surface area contributed by atoms with Crippen molar-refractivity contribution in [2.24, 2.45) is 5.10 Å². The molecule has 0 spiro atoms. The molecule has 7 heteroatoms. The SMILES string of the molecule is O=C(NN=Cc1ccc[nH]1)c1ccc(CSc2nc3ccccc3s2)cc1. The molecule has 1 amide bonds. The Balaban J connectivity index is 1.33. The predicted octanol–water partition coefficient (Wildman–Crippen LogP) is 4.68. The number of nitrogens with zero attached hydrogens (tertiary/aromatic N) is 2. The minimum atomic E-state index is -0.233. The van der Waals surface area contributed by atoms with Gasteiger partial charge < -0.3 is 4.98 Å². The number of carbonyl (C=O) groups is 1. The smallest absolute Gasteiger partial charge is 0.271 e. The Bertz CT molecular complexity index is 1040. The lowest BCUT2D eigenvalue weighted by molar-refractivity contribution is 0.0955. The second kappa shape index (κ2) is 8.20. The van der Waals surface area contributed by atoms with Gasteiger partial charge >= 0.3 is 0 Å². The van der Waals surface area contributed by atoms with Gasteiger partial charge in [0.15, 0.2) is 4.34 Å². The zero-order valence-electron chi connectivity index (χ0n) is 14.3. The van der Waals surface area contributed by atoms with Crippen LogP contribution in [0.25, 0.3) is 10.2 Å². The summed E-state index contributed by atoms with van der Waals surface area (Å²) >= 11 is 3.41. The van der Waals surface area contributed by atoms with Gasteiger partial charge in [-0.3, -0.25) is 4.79 Å². The third-order valence-corrected chi connectivity index (χ3v) is 6.09. The molecule has 0 fully saturated rings. The molecule has 0 radical (unpaired) electrons. The minimum Gasteiger partial charge on any atom is -0.360 e. The lowest BCUT2D eigenvalue weighted by Crippen LogP contribution is -2.17. The van der Waals surface area contributed by atoms with E-state index < -0.39 is 0 Å². The molecular formula is C20H16N4OS2. The summed E-state index contributed by atoms with van der Waals surface area (Å²) in [7, 11) is 0. The van der Waals surface area contributed by atoms with Crippen LogP contribution in [0.1, 0.15) is 21.6 Å². The van der Waals surface area contributed by atoms with Gasteiger partial charge in [0.05, 0.1) is 22.1 Å². The number of hydrogen-bond donors (Lipinski definition) is 2. The number of carbonyl (C=O) groups excluding carboxylic acids is 1. The molecule has 2 heterocycles. The van der Waals surface area contributed by atoms with Gasteiger partial charge in [-0.15, -0.1) is 11.3 Å². The number of rotatable bonds is 6. The second-order valence-electron chi connectivity index (χ2n) is 5.76. The van der Waals surface area contributed by atoms with Crippen LogP contribution < -0.4 is 5.43 Å². The Morgan fingerprint density at radius 1 is 1.15 bits per heavy atom. The molecule has 0 unspecified atom stereocenters. The van der Waals surface area contributed by atoms with Crippen LogP contribution >= 0.6 is 23.1 Å². The first-order valence-corrected chi connectivity index (χ1v) is 10.1. The number of para-hydroxylation sites is 1. The summed E-state index contributed by atoms with van der Waals surface area (Å²) in [6.07, 6.45) is 3.37. The molecule has 134 valence electrons. The number of hydrazone groups is 1. The minimum absolute atomic E-state index is 0.233. The van der Waals surface area contributed by atoms with Crippen LogP contribution in [-0.4, -0.2) is 22.1 Å². The van der Waals surface area contributed by atoms with Gasteiger partial charge in [-0.25, -0.2) is 10.4 Å². The largest absolute Gasteiger partial charge is 0.360 e. The number of aromatic amines is 1. The topological polar surface area (TPSA) is 70.1 Å². The number of nitrogens with one attached hydrogen (secondary N) is 2. The number of thioether (sulfide) groups is 1. The lowest BCUT2D eigenvalue weighted by Gasteiger charge is -2.02. The Kier molecular flexibility index (Phi) is 5.32. The van der Waals surface area contributed by atoms with Crippen LogP contribution in [-0.2, 0) is 5.75 Å². The standard InChI is InChI=1S/C20H16N4OS2/c25-19(24-22-12-16-4-3-11-21-16)15-9-7-14(8-10-15)13-26-20-23-17-5-1-2-6-18(17)27-20/h1-12,21H,13H2,(H,24,25). The highest BCUT2D eigenvalue weighted by Gasteiger charge is 2.06. The van der Waals surface area contributed by atoms with Crippen LogP contribution in [0.5, 0.6) is 0 Å². The van der Waals surface area contributed by atoms with Crippen molar-refractivity contribution in [2.75, 3.05) is 0 Å². The van der Waals surface area contributed by atoms with Gasteiger partial charge in [0, 0.05) is 17.5 Å². The van der Waals surface area contributed by atoms with Gasteiger partial charge in [0.2, 0.25) is 0 Å². The molecule has 2 aromatic carbocycles. The van der Waals surface area contributed by atoms with E-state index in [-0.39, 0.29) is 5.91 Å². The monoisotopic (exact) mass is 392 g/mol. The number of aromatic nitrogens is 2. The number of H-pyrrole nitrogens is 1. The predicted molar refractivity (Wildman–Crippen MR) is 111 cm³/mol. The van der Waals surface area contributed by atoms with Crippen molar-refractivity contribution in [2.45, 2.75) is 10.1 Å². The van der Waals surface area contributed by atoms with E-state index in [2.05, 4.69) is 26.6 Å². The van der Waals surface area contributed by atoms with Crippen LogP contribution in [0.3, 0.4) is 0 Å². The summed E-state index contributed by atoms with van der Waals surface area (Å²) in [5.41, 5.74) is 6.12. The first-order valence-electron chi connectivity index (χ1n) is 8.32. The van der Waals surface area contributed by atoms with E-state index in [1.807, 2.05) is 54.6 Å². The third-order valence-electron chi connectivity index (χ3n) is 3.84. The zero-order valence-corrected chi connectivity index (χ0v) is 15.9. The molecule has 0 aliphatic heterocycles. The molecular weight excluding hydrogens is 376 g/mol. The van der Waals surface area contributed by atoms with Gasteiger partial charge in [-0.2, -0.15) is 5.10 Å². The zero-order chi connectivity index (χ0) is 18.5. The van der Waals surface area contributed by atoms with Crippen molar-refractivity contribution in [3.05, 3.63) is 83.7 Å². The molecule has 0 atom stereocenters. The Labute approximate surface area is 164 Å². The number of benzene rings is 2. The van der Waals surface area contributed by atoms with E-state index in [1.54, 1.807) is 35.5 Å². The molecule has 2 N–H and O–H groups in total. The maximum absolute atomic E-state index is 12.1. The number of amides is 1. The van der Waals surface area contributed by atoms with Crippen molar-refractivity contribution < 1.29 is 4.79 Å². The van der Waals surface area contributed by atoms with Crippen LogP contribution in [0.4, 0.5) is 0 Å². The van der Waals surface area contributed by atoms with E-state index >= 15 is 0 Å². The van der Waals surface area contributed by atoms with E-state index in [4.69, 9.17) is 0 Å². The fraction of sp³-hybridized carbons (Fsp3) is 0.0500. The van der Waals surface area contributed by atoms with Gasteiger partial charge in [-0.1, -0.05) is 36.0 Å². The Morgan fingerprint density at radius 2 is 2.00 bits per heavy atom. The first-order chi connectivity index (χ1) is 13.3. The lowest BCUT2D eigenvalue weighted by atomic mass is 10.1. The first kappa shape index (κ1) is 17.5. The van der Waals surface area contributed by atoms with Crippen molar-refractivity contribution in [3.63, 3.8) is 0 Å². The number of fused-ring (bicyclic) bond motifs is 1. The number of thiazole rings is 1. The van der Waals surface area contributed by atoms with Crippen molar-refractivity contribution in [3.8, 4) is 0 Å². The fourth-order valence-corrected chi connectivity index (χ4v) is 4.48. The molecule has 0 bridgehead atoms.